The zero-order chi connectivity index (χ0) is 17.9. The highest BCUT2D eigenvalue weighted by atomic mass is 19.1. The van der Waals surface area contributed by atoms with E-state index in [4.69, 9.17) is 10.00 Å². The number of alkyl carbamates (subject to hydrolysis) is 1. The van der Waals surface area contributed by atoms with Gasteiger partial charge in [0.25, 0.3) is 0 Å². The monoisotopic (exact) mass is 336 g/mol. The number of nitrogens with zero attached hydrogens (tertiary/aromatic N) is 1. The molecule has 0 saturated heterocycles. The lowest BCUT2D eigenvalue weighted by Gasteiger charge is -2.05. The highest BCUT2D eigenvalue weighted by molar-refractivity contribution is 5.67. The van der Waals surface area contributed by atoms with Crippen molar-refractivity contribution in [3.05, 3.63) is 71.0 Å². The molecule has 0 aliphatic heterocycles. The first-order valence-corrected chi connectivity index (χ1v) is 7.78. The summed E-state index contributed by atoms with van der Waals surface area (Å²) in [4.78, 5) is 11.5. The predicted molar refractivity (Wildman–Crippen MR) is 91.8 cm³/mol. The van der Waals surface area contributed by atoms with E-state index in [1.807, 2.05) is 36.4 Å². The van der Waals surface area contributed by atoms with Crippen molar-refractivity contribution in [1.82, 2.24) is 5.32 Å². The quantitative estimate of drug-likeness (QED) is 0.671. The molecule has 0 aliphatic rings. The van der Waals surface area contributed by atoms with E-state index >= 15 is 0 Å². The molecule has 1 amide bonds. The van der Waals surface area contributed by atoms with Gasteiger partial charge in [-0.15, -0.1) is 0 Å². The first kappa shape index (κ1) is 18.0. The average molecular weight is 336 g/mol. The van der Waals surface area contributed by atoms with Gasteiger partial charge in [0, 0.05) is 24.1 Å². The van der Waals surface area contributed by atoms with Crippen LogP contribution in [0.4, 0.5) is 9.18 Å². The van der Waals surface area contributed by atoms with Gasteiger partial charge >= 0.3 is 6.09 Å². The average Bonchev–Trinajstić information content (AvgIpc) is 2.63. The maximum Gasteiger partial charge on any atom is 0.407 e. The Morgan fingerprint density at radius 2 is 2.00 bits per heavy atom. The summed E-state index contributed by atoms with van der Waals surface area (Å²) in [6.45, 7) is 0.572. The molecular weight excluding hydrogens is 319 g/mol. The summed E-state index contributed by atoms with van der Waals surface area (Å²) in [5.41, 5.74) is 1.89. The van der Waals surface area contributed by atoms with Crippen LogP contribution in [0.15, 0.2) is 48.5 Å². The summed E-state index contributed by atoms with van der Waals surface area (Å²) < 4.78 is 18.5. The van der Waals surface area contributed by atoms with Gasteiger partial charge < -0.3 is 10.1 Å². The molecule has 0 bridgehead atoms. The highest BCUT2D eigenvalue weighted by Gasteiger charge is 2.02. The molecule has 126 valence electrons. The van der Waals surface area contributed by atoms with Crippen molar-refractivity contribution >= 4 is 6.09 Å². The Morgan fingerprint density at radius 1 is 1.20 bits per heavy atom. The molecule has 0 aromatic heterocycles. The fourth-order valence-corrected chi connectivity index (χ4v) is 2.04. The normalized spacial score (nSPS) is 9.44. The maximum atomic E-state index is 13.4. The summed E-state index contributed by atoms with van der Waals surface area (Å²) in [6.07, 6.45) is -0.0505. The molecule has 4 nitrogen and oxygen atoms in total. The van der Waals surface area contributed by atoms with Gasteiger partial charge in [-0.1, -0.05) is 42.2 Å². The molecule has 25 heavy (non-hydrogen) atoms. The van der Waals surface area contributed by atoms with Crippen molar-refractivity contribution in [2.75, 3.05) is 6.54 Å². The second-order valence-electron chi connectivity index (χ2n) is 5.18. The third-order valence-electron chi connectivity index (χ3n) is 3.28. The summed E-state index contributed by atoms with van der Waals surface area (Å²) in [5, 5.41) is 11.3. The number of carbonyl (C=O) groups excluding carboxylic acids is 1. The Bertz CT molecular complexity index is 817. The highest BCUT2D eigenvalue weighted by Crippen LogP contribution is 2.10. The standard InChI is InChI=1S/C20H17FN2O2/c21-19-10-9-16(14-18(19)11-12-22)6-4-5-13-23-20(24)25-15-17-7-2-1-3-8-17/h1-3,7-10,14H,5,11,13,15H2,(H,23,24). The van der Waals surface area contributed by atoms with Crippen LogP contribution in [0, 0.1) is 29.0 Å². The number of benzene rings is 2. The van der Waals surface area contributed by atoms with E-state index in [-0.39, 0.29) is 13.0 Å². The van der Waals surface area contributed by atoms with Crippen molar-refractivity contribution in [1.29, 1.82) is 5.26 Å². The Labute approximate surface area is 146 Å². The topological polar surface area (TPSA) is 62.1 Å². The van der Waals surface area contributed by atoms with E-state index in [0.29, 0.717) is 24.1 Å². The van der Waals surface area contributed by atoms with Gasteiger partial charge in [-0.3, -0.25) is 0 Å². The number of carbonyl (C=O) groups is 1. The number of hydrogen-bond acceptors (Lipinski definition) is 3. The summed E-state index contributed by atoms with van der Waals surface area (Å²) in [5.74, 6) is 5.37. The summed E-state index contributed by atoms with van der Waals surface area (Å²) >= 11 is 0. The fraction of sp³-hybridized carbons (Fsp3) is 0.200. The minimum Gasteiger partial charge on any atom is -0.445 e. The van der Waals surface area contributed by atoms with Gasteiger partial charge in [-0.25, -0.2) is 9.18 Å². The van der Waals surface area contributed by atoms with Crippen molar-refractivity contribution in [2.45, 2.75) is 19.4 Å². The zero-order valence-corrected chi connectivity index (χ0v) is 13.6. The number of amides is 1. The van der Waals surface area contributed by atoms with E-state index < -0.39 is 11.9 Å². The minimum absolute atomic E-state index is 0.0101. The van der Waals surface area contributed by atoms with Crippen LogP contribution < -0.4 is 5.32 Å². The van der Waals surface area contributed by atoms with Gasteiger partial charge in [0.1, 0.15) is 12.4 Å². The Kier molecular flexibility index (Phi) is 7.03. The second kappa shape index (κ2) is 9.75. The van der Waals surface area contributed by atoms with Gasteiger partial charge in [0.15, 0.2) is 0 Å². The molecule has 0 saturated carbocycles. The van der Waals surface area contributed by atoms with Gasteiger partial charge in [-0.05, 0) is 23.8 Å². The summed E-state index contributed by atoms with van der Waals surface area (Å²) in [6, 6.07) is 15.7. The number of halogens is 1. The number of hydrogen-bond donors (Lipinski definition) is 1. The lowest BCUT2D eigenvalue weighted by Crippen LogP contribution is -2.24. The maximum absolute atomic E-state index is 13.4. The van der Waals surface area contributed by atoms with E-state index in [9.17, 15) is 9.18 Å². The van der Waals surface area contributed by atoms with Crippen LogP contribution in [0.1, 0.15) is 23.1 Å². The largest absolute Gasteiger partial charge is 0.445 e. The number of nitriles is 1. The van der Waals surface area contributed by atoms with E-state index in [1.165, 1.54) is 6.07 Å². The van der Waals surface area contributed by atoms with Crippen LogP contribution in [0.25, 0.3) is 0 Å². The van der Waals surface area contributed by atoms with Crippen LogP contribution in [0.3, 0.4) is 0 Å². The van der Waals surface area contributed by atoms with Crippen molar-refractivity contribution in [2.24, 2.45) is 0 Å². The molecule has 2 aromatic carbocycles. The number of nitrogens with one attached hydrogen (secondary N) is 1. The van der Waals surface area contributed by atoms with Crippen LogP contribution in [-0.2, 0) is 17.8 Å². The second-order valence-corrected chi connectivity index (χ2v) is 5.18. The predicted octanol–water partition coefficient (Wildman–Crippen LogP) is 3.56. The third-order valence-corrected chi connectivity index (χ3v) is 3.28. The molecule has 5 heteroatoms. The van der Waals surface area contributed by atoms with Crippen LogP contribution in [0.2, 0.25) is 0 Å². The van der Waals surface area contributed by atoms with Gasteiger partial charge in [0.2, 0.25) is 0 Å². The molecule has 0 fully saturated rings. The molecular formula is C20H17FN2O2. The van der Waals surface area contributed by atoms with E-state index in [1.54, 1.807) is 12.1 Å². The van der Waals surface area contributed by atoms with Crippen LogP contribution in [-0.4, -0.2) is 12.6 Å². The number of ether oxygens (including phenoxy) is 1. The number of rotatable bonds is 5. The Balaban J connectivity index is 1.73. The molecule has 2 rings (SSSR count). The molecule has 0 radical (unpaired) electrons. The lowest BCUT2D eigenvalue weighted by atomic mass is 10.1. The zero-order valence-electron chi connectivity index (χ0n) is 13.6. The third kappa shape index (κ3) is 6.37. The fourth-order valence-electron chi connectivity index (χ4n) is 2.04. The van der Waals surface area contributed by atoms with Crippen molar-refractivity contribution in [3.8, 4) is 17.9 Å². The summed E-state index contributed by atoms with van der Waals surface area (Å²) in [7, 11) is 0. The molecule has 0 aliphatic carbocycles. The first-order valence-electron chi connectivity index (χ1n) is 7.78. The van der Waals surface area contributed by atoms with E-state index in [0.717, 1.165) is 5.56 Å². The molecule has 0 atom stereocenters. The molecule has 0 spiro atoms. The Morgan fingerprint density at radius 3 is 2.76 bits per heavy atom. The minimum atomic E-state index is -0.497. The van der Waals surface area contributed by atoms with Crippen LogP contribution >= 0.6 is 0 Å². The molecule has 0 unspecified atom stereocenters. The lowest BCUT2D eigenvalue weighted by molar-refractivity contribution is 0.140. The van der Waals surface area contributed by atoms with Gasteiger partial charge in [0.05, 0.1) is 12.5 Å². The molecule has 0 heterocycles. The van der Waals surface area contributed by atoms with Crippen molar-refractivity contribution in [3.63, 3.8) is 0 Å². The SMILES string of the molecule is N#CCc1cc(C#CCCNC(=O)OCc2ccccc2)ccc1F. The van der Waals surface area contributed by atoms with E-state index in [2.05, 4.69) is 17.2 Å². The smallest absolute Gasteiger partial charge is 0.407 e. The van der Waals surface area contributed by atoms with Crippen molar-refractivity contribution < 1.29 is 13.9 Å². The first-order chi connectivity index (χ1) is 12.2. The molecule has 1 N–H and O–H groups in total. The van der Waals surface area contributed by atoms with Gasteiger partial charge in [-0.2, -0.15) is 5.26 Å². The molecule has 2 aromatic rings. The van der Waals surface area contributed by atoms with Crippen LogP contribution in [0.5, 0.6) is 0 Å². The Hall–Kier alpha value is -3.31.